The van der Waals surface area contributed by atoms with E-state index < -0.39 is 0 Å². The third kappa shape index (κ3) is 1.88. The zero-order valence-electron chi connectivity index (χ0n) is 11.0. The van der Waals surface area contributed by atoms with Crippen molar-refractivity contribution in [2.45, 2.75) is 0 Å². The van der Waals surface area contributed by atoms with Crippen molar-refractivity contribution in [3.05, 3.63) is 36.1 Å². The number of nitrogens with one attached hydrogen (secondary N) is 1. The zero-order valence-corrected chi connectivity index (χ0v) is 11.8. The monoisotopic (exact) mass is 285 g/mol. The van der Waals surface area contributed by atoms with E-state index in [1.165, 1.54) is 4.88 Å². The summed E-state index contributed by atoms with van der Waals surface area (Å²) in [5, 5.41) is 5.45. The van der Waals surface area contributed by atoms with Gasteiger partial charge in [-0.25, -0.2) is 9.97 Å². The summed E-state index contributed by atoms with van der Waals surface area (Å²) in [4.78, 5) is 12.7. The Balaban J connectivity index is 1.85. The number of thiophene rings is 1. The van der Waals surface area contributed by atoms with Gasteiger partial charge in [-0.2, -0.15) is 0 Å². The fourth-order valence-electron chi connectivity index (χ4n) is 2.61. The number of nitrogens with zero attached hydrogens (tertiary/aromatic N) is 4. The van der Waals surface area contributed by atoms with Crippen LogP contribution in [0.25, 0.3) is 16.2 Å². The van der Waals surface area contributed by atoms with Crippen LogP contribution in [0.3, 0.4) is 0 Å². The van der Waals surface area contributed by atoms with Crippen LogP contribution in [0.4, 0.5) is 5.82 Å². The predicted molar refractivity (Wildman–Crippen MR) is 81.4 cm³/mol. The Morgan fingerprint density at radius 2 is 2.10 bits per heavy atom. The fraction of sp³-hybridized carbons (Fsp3) is 0.286. The van der Waals surface area contributed by atoms with E-state index in [1.807, 2.05) is 18.6 Å². The molecule has 0 atom stereocenters. The molecule has 0 bridgehead atoms. The van der Waals surface area contributed by atoms with Crippen LogP contribution in [0.15, 0.2) is 36.1 Å². The van der Waals surface area contributed by atoms with E-state index in [2.05, 4.69) is 42.1 Å². The molecule has 0 spiro atoms. The molecule has 1 aliphatic heterocycles. The van der Waals surface area contributed by atoms with Gasteiger partial charge in [0.1, 0.15) is 0 Å². The Bertz CT molecular complexity index is 712. The maximum atomic E-state index is 4.68. The lowest BCUT2D eigenvalue weighted by Crippen LogP contribution is -2.44. The van der Waals surface area contributed by atoms with Gasteiger partial charge in [-0.1, -0.05) is 6.07 Å². The summed E-state index contributed by atoms with van der Waals surface area (Å²) in [5.74, 6) is 0.983. The van der Waals surface area contributed by atoms with Gasteiger partial charge in [-0.05, 0) is 11.4 Å². The minimum Gasteiger partial charge on any atom is -0.351 e. The summed E-state index contributed by atoms with van der Waals surface area (Å²) in [6.45, 7) is 3.96. The highest BCUT2D eigenvalue weighted by Gasteiger charge is 2.17. The second-order valence-corrected chi connectivity index (χ2v) is 5.75. The minimum absolute atomic E-state index is 0.942. The molecule has 1 saturated heterocycles. The largest absolute Gasteiger partial charge is 0.351 e. The number of fused-ring (bicyclic) bond motifs is 1. The number of aromatic nitrogens is 3. The molecule has 20 heavy (non-hydrogen) atoms. The van der Waals surface area contributed by atoms with Crippen LogP contribution in [0.5, 0.6) is 0 Å². The van der Waals surface area contributed by atoms with E-state index in [-0.39, 0.29) is 0 Å². The molecule has 102 valence electrons. The average molecular weight is 285 g/mol. The van der Waals surface area contributed by atoms with E-state index in [9.17, 15) is 0 Å². The molecule has 0 saturated carbocycles. The van der Waals surface area contributed by atoms with Crippen molar-refractivity contribution in [3.8, 4) is 10.6 Å². The second kappa shape index (κ2) is 4.88. The van der Waals surface area contributed by atoms with Crippen LogP contribution in [0.2, 0.25) is 0 Å². The topological polar surface area (TPSA) is 45.5 Å². The number of hydrogen-bond donors (Lipinski definition) is 1. The first kappa shape index (κ1) is 11.9. The highest BCUT2D eigenvalue weighted by molar-refractivity contribution is 7.13. The van der Waals surface area contributed by atoms with E-state index >= 15 is 0 Å². The third-order valence-corrected chi connectivity index (χ3v) is 4.49. The Kier molecular flexibility index (Phi) is 2.90. The third-order valence-electron chi connectivity index (χ3n) is 3.60. The summed E-state index contributed by atoms with van der Waals surface area (Å²) in [6.07, 6.45) is 5.81. The number of imidazole rings is 1. The van der Waals surface area contributed by atoms with Crippen LogP contribution in [0, 0.1) is 0 Å². The molecule has 4 heterocycles. The molecule has 3 aromatic rings. The average Bonchev–Trinajstić information content (AvgIpc) is 3.18. The summed E-state index contributed by atoms with van der Waals surface area (Å²) >= 11 is 1.72. The lowest BCUT2D eigenvalue weighted by Gasteiger charge is -2.28. The smallest absolute Gasteiger partial charge is 0.180 e. The maximum absolute atomic E-state index is 4.68. The lowest BCUT2D eigenvalue weighted by atomic mass is 10.3. The molecular weight excluding hydrogens is 270 g/mol. The highest BCUT2D eigenvalue weighted by atomic mass is 32.1. The summed E-state index contributed by atoms with van der Waals surface area (Å²) in [6, 6.07) is 4.18. The molecule has 0 aliphatic carbocycles. The predicted octanol–water partition coefficient (Wildman–Crippen LogP) is 1.87. The summed E-state index contributed by atoms with van der Waals surface area (Å²) in [7, 11) is 0. The molecule has 0 amide bonds. The van der Waals surface area contributed by atoms with Gasteiger partial charge in [-0.3, -0.25) is 4.40 Å². The first-order valence-corrected chi connectivity index (χ1v) is 7.63. The van der Waals surface area contributed by atoms with Crippen molar-refractivity contribution >= 4 is 22.8 Å². The maximum Gasteiger partial charge on any atom is 0.180 e. The molecule has 5 nitrogen and oxygen atoms in total. The molecule has 1 aliphatic rings. The number of rotatable bonds is 2. The Morgan fingerprint density at radius 1 is 1.20 bits per heavy atom. The van der Waals surface area contributed by atoms with Crippen LogP contribution in [-0.2, 0) is 0 Å². The van der Waals surface area contributed by atoms with Crippen molar-refractivity contribution < 1.29 is 0 Å². The Hall–Kier alpha value is -1.92. The van der Waals surface area contributed by atoms with Gasteiger partial charge < -0.3 is 10.2 Å². The molecule has 0 aromatic carbocycles. The fourth-order valence-corrected chi connectivity index (χ4v) is 3.34. The normalized spacial score (nSPS) is 15.9. The molecule has 1 N–H and O–H groups in total. The molecule has 1 fully saturated rings. The molecule has 3 aromatic heterocycles. The standard InChI is InChI=1S/C14H15N5S/c1-2-12(20-9-1)11-10-17-13(14-16-5-8-19(11)14)18-6-3-15-4-7-18/h1-2,5,8-10,15H,3-4,6-7H2. The van der Waals surface area contributed by atoms with Crippen molar-refractivity contribution in [1.82, 2.24) is 19.7 Å². The van der Waals surface area contributed by atoms with Gasteiger partial charge in [0.2, 0.25) is 0 Å². The van der Waals surface area contributed by atoms with E-state index in [0.717, 1.165) is 43.3 Å². The first-order valence-electron chi connectivity index (χ1n) is 6.75. The van der Waals surface area contributed by atoms with Gasteiger partial charge in [0, 0.05) is 38.6 Å². The van der Waals surface area contributed by atoms with Crippen LogP contribution in [-0.4, -0.2) is 40.5 Å². The van der Waals surface area contributed by atoms with Gasteiger partial charge in [0.05, 0.1) is 16.8 Å². The van der Waals surface area contributed by atoms with Crippen LogP contribution in [0.1, 0.15) is 0 Å². The highest BCUT2D eigenvalue weighted by Crippen LogP contribution is 2.28. The molecule has 0 unspecified atom stereocenters. The van der Waals surface area contributed by atoms with Crippen molar-refractivity contribution in [1.29, 1.82) is 0 Å². The molecular formula is C14H15N5S. The minimum atomic E-state index is 0.942. The molecule has 6 heteroatoms. The summed E-state index contributed by atoms with van der Waals surface area (Å²) in [5.41, 5.74) is 2.05. The van der Waals surface area contributed by atoms with Gasteiger partial charge in [0.25, 0.3) is 0 Å². The SMILES string of the molecule is c1csc(-c2cnc(N3CCNCC3)c3nccn23)c1. The van der Waals surface area contributed by atoms with Crippen LogP contribution < -0.4 is 10.2 Å². The van der Waals surface area contributed by atoms with Crippen molar-refractivity contribution in [3.63, 3.8) is 0 Å². The van der Waals surface area contributed by atoms with E-state index in [4.69, 9.17) is 0 Å². The molecule has 4 rings (SSSR count). The first-order chi connectivity index (χ1) is 9.93. The lowest BCUT2D eigenvalue weighted by molar-refractivity contribution is 0.585. The Labute approximate surface area is 120 Å². The summed E-state index contributed by atoms with van der Waals surface area (Å²) < 4.78 is 2.14. The van der Waals surface area contributed by atoms with Gasteiger partial charge in [0.15, 0.2) is 11.5 Å². The van der Waals surface area contributed by atoms with Gasteiger partial charge in [-0.15, -0.1) is 11.3 Å². The number of hydrogen-bond acceptors (Lipinski definition) is 5. The van der Waals surface area contributed by atoms with Crippen molar-refractivity contribution in [2.24, 2.45) is 0 Å². The second-order valence-electron chi connectivity index (χ2n) is 4.80. The number of piperazine rings is 1. The van der Waals surface area contributed by atoms with E-state index in [1.54, 1.807) is 11.3 Å². The quantitative estimate of drug-likeness (QED) is 0.781. The van der Waals surface area contributed by atoms with Crippen LogP contribution >= 0.6 is 11.3 Å². The Morgan fingerprint density at radius 3 is 2.90 bits per heavy atom. The molecule has 0 radical (unpaired) electrons. The number of anilines is 1. The van der Waals surface area contributed by atoms with Crippen molar-refractivity contribution in [2.75, 3.05) is 31.1 Å². The van der Waals surface area contributed by atoms with E-state index in [0.29, 0.717) is 0 Å². The zero-order chi connectivity index (χ0) is 13.4. The van der Waals surface area contributed by atoms with Gasteiger partial charge >= 0.3 is 0 Å².